The Morgan fingerprint density at radius 1 is 1.27 bits per heavy atom. The first-order chi connectivity index (χ1) is 12.7. The summed E-state index contributed by atoms with van der Waals surface area (Å²) in [7, 11) is 0. The first-order valence-electron chi connectivity index (χ1n) is 9.22. The number of likely N-dealkylation sites (tertiary alicyclic amines) is 1. The second-order valence-corrected chi connectivity index (χ2v) is 7.46. The van der Waals surface area contributed by atoms with Gasteiger partial charge in [0.2, 0.25) is 0 Å². The maximum atomic E-state index is 5.64. The summed E-state index contributed by atoms with van der Waals surface area (Å²) >= 11 is 5.64. The molecule has 5 heteroatoms. The van der Waals surface area contributed by atoms with Crippen LogP contribution in [0, 0.1) is 6.92 Å². The van der Waals surface area contributed by atoms with Gasteiger partial charge in [-0.05, 0) is 55.2 Å². The number of nitrogens with one attached hydrogen (secondary N) is 2. The Hall–Kier alpha value is -2.40. The van der Waals surface area contributed by atoms with E-state index < -0.39 is 0 Å². The van der Waals surface area contributed by atoms with Crippen LogP contribution in [0.15, 0.2) is 48.5 Å². The average Bonchev–Trinajstić information content (AvgIpc) is 3.10. The molecular formula is C21H24N4S. The van der Waals surface area contributed by atoms with Crippen molar-refractivity contribution in [3.63, 3.8) is 0 Å². The van der Waals surface area contributed by atoms with Gasteiger partial charge in [0.15, 0.2) is 5.11 Å². The molecule has 1 saturated heterocycles. The van der Waals surface area contributed by atoms with Crippen LogP contribution in [-0.4, -0.2) is 33.1 Å². The first-order valence-corrected chi connectivity index (χ1v) is 9.63. The Morgan fingerprint density at radius 2 is 2.12 bits per heavy atom. The molecule has 1 aliphatic rings. The van der Waals surface area contributed by atoms with E-state index in [0.29, 0.717) is 5.92 Å². The molecule has 0 radical (unpaired) electrons. The van der Waals surface area contributed by atoms with Gasteiger partial charge in [0, 0.05) is 25.6 Å². The summed E-state index contributed by atoms with van der Waals surface area (Å²) in [4.78, 5) is 10.6. The van der Waals surface area contributed by atoms with Gasteiger partial charge in [-0.2, -0.15) is 0 Å². The zero-order valence-electron chi connectivity index (χ0n) is 15.0. The lowest BCUT2D eigenvalue weighted by Gasteiger charge is -2.33. The summed E-state index contributed by atoms with van der Waals surface area (Å²) in [5.74, 6) is 1.48. The van der Waals surface area contributed by atoms with Gasteiger partial charge in [-0.25, -0.2) is 4.98 Å². The van der Waals surface area contributed by atoms with E-state index in [-0.39, 0.29) is 0 Å². The van der Waals surface area contributed by atoms with Crippen molar-refractivity contribution >= 4 is 28.4 Å². The molecule has 1 aromatic heterocycles. The standard InChI is InChI=1S/C21H24N4S/c1-15-9-10-18-19(12-15)24-20(23-18)17-8-5-11-25(14-17)21(26)22-13-16-6-3-2-4-7-16/h2-4,6-7,9-10,12,17H,5,8,11,13-14H2,1H3,(H,22,26)(H,23,24)/t17-/m1/s1. The number of piperidine rings is 1. The maximum Gasteiger partial charge on any atom is 0.169 e. The number of imidazole rings is 1. The van der Waals surface area contributed by atoms with Gasteiger partial charge in [-0.1, -0.05) is 36.4 Å². The van der Waals surface area contributed by atoms with Crippen LogP contribution in [0.25, 0.3) is 11.0 Å². The van der Waals surface area contributed by atoms with Gasteiger partial charge in [0.25, 0.3) is 0 Å². The molecule has 1 atom stereocenters. The normalized spacial score (nSPS) is 17.4. The van der Waals surface area contributed by atoms with E-state index >= 15 is 0 Å². The maximum absolute atomic E-state index is 5.64. The van der Waals surface area contributed by atoms with E-state index in [4.69, 9.17) is 17.2 Å². The number of benzene rings is 2. The number of aromatic nitrogens is 2. The highest BCUT2D eigenvalue weighted by Crippen LogP contribution is 2.27. The lowest BCUT2D eigenvalue weighted by atomic mass is 9.98. The summed E-state index contributed by atoms with van der Waals surface area (Å²) in [5, 5.41) is 4.24. The van der Waals surface area contributed by atoms with Gasteiger partial charge in [0.05, 0.1) is 11.0 Å². The average molecular weight is 365 g/mol. The smallest absolute Gasteiger partial charge is 0.169 e. The van der Waals surface area contributed by atoms with Crippen molar-refractivity contribution in [2.24, 2.45) is 0 Å². The second-order valence-electron chi connectivity index (χ2n) is 7.07. The van der Waals surface area contributed by atoms with Crippen molar-refractivity contribution < 1.29 is 0 Å². The Morgan fingerprint density at radius 3 is 2.96 bits per heavy atom. The number of rotatable bonds is 3. The number of thiocarbonyl (C=S) groups is 1. The second kappa shape index (κ2) is 7.46. The molecule has 0 bridgehead atoms. The molecular weight excluding hydrogens is 340 g/mol. The first kappa shape index (κ1) is 17.0. The van der Waals surface area contributed by atoms with Crippen molar-refractivity contribution in [3.05, 3.63) is 65.5 Å². The molecule has 26 heavy (non-hydrogen) atoms. The fourth-order valence-electron chi connectivity index (χ4n) is 3.61. The van der Waals surface area contributed by atoms with Gasteiger partial charge in [-0.3, -0.25) is 0 Å². The third-order valence-corrected chi connectivity index (χ3v) is 5.44. The van der Waals surface area contributed by atoms with Crippen LogP contribution < -0.4 is 5.32 Å². The van der Waals surface area contributed by atoms with Crippen molar-refractivity contribution in [1.82, 2.24) is 20.2 Å². The topological polar surface area (TPSA) is 44.0 Å². The zero-order valence-corrected chi connectivity index (χ0v) is 15.9. The summed E-state index contributed by atoms with van der Waals surface area (Å²) in [6.45, 7) is 4.81. The Labute approximate surface area is 159 Å². The lowest BCUT2D eigenvalue weighted by Crippen LogP contribution is -2.44. The lowest BCUT2D eigenvalue weighted by molar-refractivity contribution is 0.300. The largest absolute Gasteiger partial charge is 0.358 e. The molecule has 2 aromatic carbocycles. The summed E-state index contributed by atoms with van der Waals surface area (Å²) in [6, 6.07) is 16.8. The highest BCUT2D eigenvalue weighted by atomic mass is 32.1. The SMILES string of the molecule is Cc1ccc2nc([C@@H]3CCCN(C(=S)NCc4ccccc4)C3)[nH]c2c1. The van der Waals surface area contributed by atoms with Crippen LogP contribution in [-0.2, 0) is 6.54 Å². The van der Waals surface area contributed by atoms with Gasteiger partial charge in [-0.15, -0.1) is 0 Å². The van der Waals surface area contributed by atoms with Gasteiger partial charge >= 0.3 is 0 Å². The van der Waals surface area contributed by atoms with E-state index in [1.807, 2.05) is 6.07 Å². The molecule has 2 heterocycles. The number of hydrogen-bond acceptors (Lipinski definition) is 2. The molecule has 0 saturated carbocycles. The van der Waals surface area contributed by atoms with Gasteiger partial charge < -0.3 is 15.2 Å². The van der Waals surface area contributed by atoms with Crippen molar-refractivity contribution in [1.29, 1.82) is 0 Å². The minimum Gasteiger partial charge on any atom is -0.358 e. The fourth-order valence-corrected chi connectivity index (χ4v) is 3.84. The molecule has 0 unspecified atom stereocenters. The Kier molecular flexibility index (Phi) is 4.89. The molecule has 134 valence electrons. The van der Waals surface area contributed by atoms with E-state index in [9.17, 15) is 0 Å². The molecule has 2 N–H and O–H groups in total. The molecule has 0 spiro atoms. The monoisotopic (exact) mass is 364 g/mol. The van der Waals surface area contributed by atoms with Crippen LogP contribution in [0.5, 0.6) is 0 Å². The Balaban J connectivity index is 1.42. The number of hydrogen-bond donors (Lipinski definition) is 2. The van der Waals surface area contributed by atoms with E-state index in [0.717, 1.165) is 54.4 Å². The number of nitrogens with zero attached hydrogens (tertiary/aromatic N) is 2. The number of aryl methyl sites for hydroxylation is 1. The third kappa shape index (κ3) is 3.73. The fraction of sp³-hybridized carbons (Fsp3) is 0.333. The van der Waals surface area contributed by atoms with Crippen LogP contribution in [0.1, 0.15) is 35.7 Å². The molecule has 4 rings (SSSR count). The molecule has 1 aliphatic heterocycles. The van der Waals surface area contributed by atoms with Crippen LogP contribution in [0.4, 0.5) is 0 Å². The third-order valence-electron chi connectivity index (χ3n) is 5.04. The minimum atomic E-state index is 0.396. The number of aromatic amines is 1. The molecule has 3 aromatic rings. The number of fused-ring (bicyclic) bond motifs is 1. The summed E-state index contributed by atoms with van der Waals surface area (Å²) < 4.78 is 0. The minimum absolute atomic E-state index is 0.396. The highest BCUT2D eigenvalue weighted by Gasteiger charge is 2.25. The predicted octanol–water partition coefficient (Wildman–Crippen LogP) is 4.13. The van der Waals surface area contributed by atoms with E-state index in [2.05, 4.69) is 64.6 Å². The van der Waals surface area contributed by atoms with E-state index in [1.165, 1.54) is 11.1 Å². The van der Waals surface area contributed by atoms with Crippen LogP contribution in [0.3, 0.4) is 0 Å². The van der Waals surface area contributed by atoms with Crippen molar-refractivity contribution in [2.75, 3.05) is 13.1 Å². The molecule has 1 fully saturated rings. The molecule has 0 amide bonds. The molecule has 4 nitrogen and oxygen atoms in total. The predicted molar refractivity (Wildman–Crippen MR) is 110 cm³/mol. The highest BCUT2D eigenvalue weighted by molar-refractivity contribution is 7.80. The van der Waals surface area contributed by atoms with Gasteiger partial charge in [0.1, 0.15) is 5.82 Å². The molecule has 0 aliphatic carbocycles. The van der Waals surface area contributed by atoms with E-state index in [1.54, 1.807) is 0 Å². The Bertz CT molecular complexity index is 903. The zero-order chi connectivity index (χ0) is 17.9. The van der Waals surface area contributed by atoms with Crippen LogP contribution >= 0.6 is 12.2 Å². The van der Waals surface area contributed by atoms with Crippen molar-refractivity contribution in [2.45, 2.75) is 32.2 Å². The van der Waals surface area contributed by atoms with Crippen LogP contribution in [0.2, 0.25) is 0 Å². The quantitative estimate of drug-likeness (QED) is 0.686. The summed E-state index contributed by atoms with van der Waals surface area (Å²) in [5.41, 5.74) is 4.68. The summed E-state index contributed by atoms with van der Waals surface area (Å²) in [6.07, 6.45) is 2.28. The van der Waals surface area contributed by atoms with Crippen molar-refractivity contribution in [3.8, 4) is 0 Å². The number of H-pyrrole nitrogens is 1.